The number of Topliss-reactive ketones (excluding diaryl/α,β-unsaturated/α-hetero) is 1. The van der Waals surface area contributed by atoms with Gasteiger partial charge in [-0.1, -0.05) is 6.08 Å². The Kier molecular flexibility index (Phi) is 5.64. The second-order valence-corrected chi connectivity index (χ2v) is 3.07. The standard InChI is InChI=1S/C10H18O2/c1-8(10(3)12-4)6-5-7-9(2)11/h6,10H,5,7H2,1-4H3. The molecule has 0 aromatic rings. The number of allylic oxidation sites excluding steroid dienone is 1. The Hall–Kier alpha value is -0.630. The van der Waals surface area contributed by atoms with E-state index < -0.39 is 0 Å². The largest absolute Gasteiger partial charge is 0.377 e. The Labute approximate surface area is 74.6 Å². The van der Waals surface area contributed by atoms with Crippen LogP contribution in [0.1, 0.15) is 33.6 Å². The zero-order chi connectivity index (χ0) is 9.56. The van der Waals surface area contributed by atoms with Crippen LogP contribution in [0.5, 0.6) is 0 Å². The number of ketones is 1. The van der Waals surface area contributed by atoms with E-state index in [0.29, 0.717) is 6.42 Å². The Balaban J connectivity index is 3.76. The highest BCUT2D eigenvalue weighted by molar-refractivity contribution is 5.75. The summed E-state index contributed by atoms with van der Waals surface area (Å²) in [4.78, 5) is 10.6. The zero-order valence-electron chi connectivity index (χ0n) is 8.39. The van der Waals surface area contributed by atoms with E-state index in [9.17, 15) is 4.79 Å². The topological polar surface area (TPSA) is 26.3 Å². The second-order valence-electron chi connectivity index (χ2n) is 3.07. The normalized spacial score (nSPS) is 14.5. The van der Waals surface area contributed by atoms with Gasteiger partial charge in [-0.15, -0.1) is 0 Å². The van der Waals surface area contributed by atoms with Crippen LogP contribution in [-0.2, 0) is 9.53 Å². The van der Waals surface area contributed by atoms with E-state index in [0.717, 1.165) is 6.42 Å². The van der Waals surface area contributed by atoms with Crippen molar-refractivity contribution in [2.45, 2.75) is 39.7 Å². The fourth-order valence-electron chi connectivity index (χ4n) is 0.855. The number of carbonyl (C=O) groups is 1. The summed E-state index contributed by atoms with van der Waals surface area (Å²) in [5.74, 6) is 0.240. The van der Waals surface area contributed by atoms with Gasteiger partial charge < -0.3 is 9.53 Å². The van der Waals surface area contributed by atoms with Crippen LogP contribution in [0, 0.1) is 0 Å². The summed E-state index contributed by atoms with van der Waals surface area (Å²) in [6, 6.07) is 0. The lowest BCUT2D eigenvalue weighted by Crippen LogP contribution is -2.05. The Morgan fingerprint density at radius 3 is 2.50 bits per heavy atom. The van der Waals surface area contributed by atoms with Crippen molar-refractivity contribution >= 4 is 5.78 Å². The average Bonchev–Trinajstić information content (AvgIpc) is 2.02. The first-order valence-corrected chi connectivity index (χ1v) is 4.26. The summed E-state index contributed by atoms with van der Waals surface area (Å²) in [6.45, 7) is 5.64. The van der Waals surface area contributed by atoms with Crippen LogP contribution in [0.2, 0.25) is 0 Å². The van der Waals surface area contributed by atoms with Crippen LogP contribution >= 0.6 is 0 Å². The van der Waals surface area contributed by atoms with Crippen molar-refractivity contribution in [1.82, 2.24) is 0 Å². The molecule has 0 bridgehead atoms. The molecule has 0 rings (SSSR count). The van der Waals surface area contributed by atoms with E-state index in [1.807, 2.05) is 13.8 Å². The number of hydrogen-bond donors (Lipinski definition) is 0. The van der Waals surface area contributed by atoms with Crippen LogP contribution in [0.15, 0.2) is 11.6 Å². The van der Waals surface area contributed by atoms with Crippen LogP contribution in [0.25, 0.3) is 0 Å². The van der Waals surface area contributed by atoms with E-state index in [4.69, 9.17) is 4.74 Å². The quantitative estimate of drug-likeness (QED) is 0.592. The lowest BCUT2D eigenvalue weighted by Gasteiger charge is -2.09. The van der Waals surface area contributed by atoms with Gasteiger partial charge in [0, 0.05) is 13.5 Å². The van der Waals surface area contributed by atoms with Gasteiger partial charge in [-0.2, -0.15) is 0 Å². The van der Waals surface area contributed by atoms with Gasteiger partial charge >= 0.3 is 0 Å². The number of carbonyl (C=O) groups excluding carboxylic acids is 1. The molecule has 0 heterocycles. The fourth-order valence-corrected chi connectivity index (χ4v) is 0.855. The molecule has 0 aromatic heterocycles. The highest BCUT2D eigenvalue weighted by atomic mass is 16.5. The van der Waals surface area contributed by atoms with Gasteiger partial charge in [0.25, 0.3) is 0 Å². The van der Waals surface area contributed by atoms with Crippen LogP contribution in [0.4, 0.5) is 0 Å². The van der Waals surface area contributed by atoms with E-state index in [2.05, 4.69) is 6.08 Å². The number of rotatable bonds is 5. The van der Waals surface area contributed by atoms with Crippen molar-refractivity contribution in [2.75, 3.05) is 7.11 Å². The molecular formula is C10H18O2. The molecule has 0 aliphatic carbocycles. The Bertz CT molecular complexity index is 171. The maximum absolute atomic E-state index is 10.6. The molecule has 1 unspecified atom stereocenters. The smallest absolute Gasteiger partial charge is 0.130 e. The van der Waals surface area contributed by atoms with Crippen molar-refractivity contribution in [3.05, 3.63) is 11.6 Å². The SMILES string of the molecule is COC(C)C(C)=CCCC(C)=O. The minimum Gasteiger partial charge on any atom is -0.377 e. The first kappa shape index (κ1) is 11.4. The number of hydrogen-bond acceptors (Lipinski definition) is 2. The summed E-state index contributed by atoms with van der Waals surface area (Å²) in [5.41, 5.74) is 1.19. The van der Waals surface area contributed by atoms with Gasteiger partial charge in [0.05, 0.1) is 6.10 Å². The molecule has 0 N–H and O–H groups in total. The molecule has 70 valence electrons. The lowest BCUT2D eigenvalue weighted by atomic mass is 10.1. The first-order chi connectivity index (χ1) is 5.57. The number of methoxy groups -OCH3 is 1. The average molecular weight is 170 g/mol. The van der Waals surface area contributed by atoms with Crippen molar-refractivity contribution < 1.29 is 9.53 Å². The van der Waals surface area contributed by atoms with Crippen molar-refractivity contribution in [2.24, 2.45) is 0 Å². The molecular weight excluding hydrogens is 152 g/mol. The molecule has 0 saturated heterocycles. The van der Waals surface area contributed by atoms with Gasteiger partial charge in [0.15, 0.2) is 0 Å². The van der Waals surface area contributed by atoms with Crippen LogP contribution in [0.3, 0.4) is 0 Å². The van der Waals surface area contributed by atoms with E-state index in [1.165, 1.54) is 5.57 Å². The second kappa shape index (κ2) is 5.95. The van der Waals surface area contributed by atoms with Crippen molar-refractivity contribution in [3.63, 3.8) is 0 Å². The summed E-state index contributed by atoms with van der Waals surface area (Å²) in [5, 5.41) is 0. The van der Waals surface area contributed by atoms with Gasteiger partial charge in [-0.3, -0.25) is 0 Å². The molecule has 0 aromatic carbocycles. The van der Waals surface area contributed by atoms with Gasteiger partial charge in [0.2, 0.25) is 0 Å². The monoisotopic (exact) mass is 170 g/mol. The summed E-state index contributed by atoms with van der Waals surface area (Å²) in [7, 11) is 1.69. The highest BCUT2D eigenvalue weighted by Gasteiger charge is 2.00. The molecule has 1 atom stereocenters. The highest BCUT2D eigenvalue weighted by Crippen LogP contribution is 2.06. The summed E-state index contributed by atoms with van der Waals surface area (Å²) >= 11 is 0. The molecule has 0 aliphatic heterocycles. The number of ether oxygens (including phenoxy) is 1. The third kappa shape index (κ3) is 5.08. The summed E-state index contributed by atoms with van der Waals surface area (Å²) in [6.07, 6.45) is 3.69. The third-order valence-corrected chi connectivity index (χ3v) is 1.96. The summed E-state index contributed by atoms with van der Waals surface area (Å²) < 4.78 is 5.12. The minimum atomic E-state index is 0.164. The predicted octanol–water partition coefficient (Wildman–Crippen LogP) is 2.34. The molecule has 0 fully saturated rings. The zero-order valence-corrected chi connectivity index (χ0v) is 8.39. The molecule has 2 nitrogen and oxygen atoms in total. The van der Waals surface area contributed by atoms with Gasteiger partial charge in [0.1, 0.15) is 5.78 Å². The lowest BCUT2D eigenvalue weighted by molar-refractivity contribution is -0.116. The van der Waals surface area contributed by atoms with Crippen LogP contribution < -0.4 is 0 Å². The first-order valence-electron chi connectivity index (χ1n) is 4.26. The predicted molar refractivity (Wildman–Crippen MR) is 50.1 cm³/mol. The van der Waals surface area contributed by atoms with Gasteiger partial charge in [-0.25, -0.2) is 0 Å². The molecule has 0 spiro atoms. The van der Waals surface area contributed by atoms with E-state index >= 15 is 0 Å². The molecule has 0 aliphatic rings. The maximum atomic E-state index is 10.6. The molecule has 0 radical (unpaired) electrons. The molecule has 0 saturated carbocycles. The maximum Gasteiger partial charge on any atom is 0.130 e. The fraction of sp³-hybridized carbons (Fsp3) is 0.700. The third-order valence-electron chi connectivity index (χ3n) is 1.96. The van der Waals surface area contributed by atoms with Gasteiger partial charge in [-0.05, 0) is 32.8 Å². The molecule has 2 heteroatoms. The van der Waals surface area contributed by atoms with E-state index in [-0.39, 0.29) is 11.9 Å². The van der Waals surface area contributed by atoms with Crippen molar-refractivity contribution in [3.8, 4) is 0 Å². The van der Waals surface area contributed by atoms with Crippen molar-refractivity contribution in [1.29, 1.82) is 0 Å². The van der Waals surface area contributed by atoms with Crippen LogP contribution in [-0.4, -0.2) is 19.0 Å². The van der Waals surface area contributed by atoms with E-state index in [1.54, 1.807) is 14.0 Å². The Morgan fingerprint density at radius 1 is 1.50 bits per heavy atom. The molecule has 0 amide bonds. The Morgan fingerprint density at radius 2 is 2.08 bits per heavy atom. The minimum absolute atomic E-state index is 0.164. The molecule has 12 heavy (non-hydrogen) atoms.